The maximum atomic E-state index is 3.94. The van der Waals surface area contributed by atoms with Gasteiger partial charge in [-0.25, -0.2) is 0 Å². The molecule has 0 amide bonds. The van der Waals surface area contributed by atoms with Crippen molar-refractivity contribution in [2.75, 3.05) is 0 Å². The Balaban J connectivity index is 2.67. The number of fused-ring (bicyclic) bond motifs is 1. The van der Waals surface area contributed by atoms with E-state index >= 15 is 0 Å². The highest BCUT2D eigenvalue weighted by Crippen LogP contribution is 2.21. The van der Waals surface area contributed by atoms with E-state index in [4.69, 9.17) is 0 Å². The Bertz CT molecular complexity index is 282. The number of hydrogen-bond acceptors (Lipinski definition) is 0. The minimum Gasteiger partial charge on any atom is -0.0795 e. The Kier molecular flexibility index (Phi) is 1.13. The smallest absolute Gasteiger partial charge is 0.00881 e. The molecule has 0 nitrogen and oxygen atoms in total. The molecule has 10 heavy (non-hydrogen) atoms. The number of rotatable bonds is 0. The highest BCUT2D eigenvalue weighted by molar-refractivity contribution is 5.63. The van der Waals surface area contributed by atoms with Crippen LogP contribution in [0.4, 0.5) is 0 Å². The van der Waals surface area contributed by atoms with E-state index in [0.717, 1.165) is 12.0 Å². The number of hydrogen-bond donors (Lipinski definition) is 0. The molecule has 0 spiro atoms. The molecule has 0 saturated heterocycles. The van der Waals surface area contributed by atoms with Gasteiger partial charge < -0.3 is 0 Å². The summed E-state index contributed by atoms with van der Waals surface area (Å²) in [6.45, 7) is 3.94. The molecule has 0 heterocycles. The maximum Gasteiger partial charge on any atom is -0.00881 e. The van der Waals surface area contributed by atoms with Crippen molar-refractivity contribution in [3.05, 3.63) is 47.9 Å². The monoisotopic (exact) mass is 129 g/mol. The van der Waals surface area contributed by atoms with Gasteiger partial charge in [-0.15, -0.1) is 0 Å². The zero-order chi connectivity index (χ0) is 6.97. The fraction of sp³-hybridized carbons (Fsp3) is 0.100. The highest BCUT2D eigenvalue weighted by Gasteiger charge is 2.04. The van der Waals surface area contributed by atoms with Gasteiger partial charge >= 0.3 is 0 Å². The van der Waals surface area contributed by atoms with Gasteiger partial charge in [0.25, 0.3) is 0 Å². The van der Waals surface area contributed by atoms with Gasteiger partial charge in [-0.2, -0.15) is 0 Å². The Morgan fingerprint density at radius 1 is 1.30 bits per heavy atom. The first-order chi connectivity index (χ1) is 4.88. The molecule has 0 aliphatic heterocycles. The average Bonchev–Trinajstić information content (AvgIpc) is 2.36. The van der Waals surface area contributed by atoms with Crippen molar-refractivity contribution in [3.8, 4) is 0 Å². The van der Waals surface area contributed by atoms with Crippen molar-refractivity contribution in [1.82, 2.24) is 0 Å². The number of benzene rings is 1. The molecule has 0 unspecified atom stereocenters. The standard InChI is InChI=1S/C10H9/c1-8-4-2-5-9-6-3-7-10(8)9/h2-5,7H,1,6H2. The fourth-order valence-corrected chi connectivity index (χ4v) is 1.36. The quantitative estimate of drug-likeness (QED) is 0.504. The second kappa shape index (κ2) is 1.98. The van der Waals surface area contributed by atoms with Gasteiger partial charge in [0.15, 0.2) is 0 Å². The molecule has 1 aromatic rings. The Hall–Kier alpha value is -1.04. The third-order valence-electron chi connectivity index (χ3n) is 1.91. The lowest BCUT2D eigenvalue weighted by molar-refractivity contribution is 1.30. The first-order valence-electron chi connectivity index (χ1n) is 3.48. The average molecular weight is 129 g/mol. The first-order valence-corrected chi connectivity index (χ1v) is 3.48. The predicted octanol–water partition coefficient (Wildman–Crippen LogP) is 2.44. The number of allylic oxidation sites excluding steroid dienone is 1. The summed E-state index contributed by atoms with van der Waals surface area (Å²) >= 11 is 0. The third kappa shape index (κ3) is 0.688. The summed E-state index contributed by atoms with van der Waals surface area (Å²) in [5.74, 6) is 0. The second-order valence-corrected chi connectivity index (χ2v) is 2.60. The topological polar surface area (TPSA) is 0 Å². The molecule has 1 radical (unpaired) electrons. The van der Waals surface area contributed by atoms with Gasteiger partial charge in [0.2, 0.25) is 0 Å². The SMILES string of the molecule is [CH2]c1cccc2c1C=CC2. The Labute approximate surface area is 61.2 Å². The van der Waals surface area contributed by atoms with Crippen molar-refractivity contribution >= 4 is 6.08 Å². The van der Waals surface area contributed by atoms with Crippen LogP contribution in [-0.2, 0) is 6.42 Å². The molecular weight excluding hydrogens is 120 g/mol. The molecule has 0 heteroatoms. The van der Waals surface area contributed by atoms with Crippen LogP contribution in [0.25, 0.3) is 6.08 Å². The molecule has 0 atom stereocenters. The van der Waals surface area contributed by atoms with E-state index in [2.05, 4.69) is 37.3 Å². The fourth-order valence-electron chi connectivity index (χ4n) is 1.36. The van der Waals surface area contributed by atoms with Crippen molar-refractivity contribution in [2.45, 2.75) is 6.42 Å². The summed E-state index contributed by atoms with van der Waals surface area (Å²) in [6.07, 6.45) is 5.41. The van der Waals surface area contributed by atoms with Crippen LogP contribution in [0.2, 0.25) is 0 Å². The lowest BCUT2D eigenvalue weighted by atomic mass is 10.1. The summed E-state index contributed by atoms with van der Waals surface area (Å²) in [5.41, 5.74) is 3.88. The summed E-state index contributed by atoms with van der Waals surface area (Å²) in [7, 11) is 0. The zero-order valence-electron chi connectivity index (χ0n) is 5.80. The summed E-state index contributed by atoms with van der Waals surface area (Å²) in [4.78, 5) is 0. The van der Waals surface area contributed by atoms with Crippen molar-refractivity contribution in [3.63, 3.8) is 0 Å². The van der Waals surface area contributed by atoms with E-state index in [-0.39, 0.29) is 0 Å². The molecule has 1 aliphatic carbocycles. The second-order valence-electron chi connectivity index (χ2n) is 2.60. The molecule has 0 saturated carbocycles. The third-order valence-corrected chi connectivity index (χ3v) is 1.91. The van der Waals surface area contributed by atoms with Crippen LogP contribution in [0.5, 0.6) is 0 Å². The molecule has 0 bridgehead atoms. The lowest BCUT2D eigenvalue weighted by Crippen LogP contribution is -1.83. The minimum absolute atomic E-state index is 1.08. The van der Waals surface area contributed by atoms with Crippen LogP contribution >= 0.6 is 0 Å². The summed E-state index contributed by atoms with van der Waals surface area (Å²) in [5, 5.41) is 0. The molecule has 0 N–H and O–H groups in total. The molecule has 1 aliphatic rings. The minimum atomic E-state index is 1.08. The maximum absolute atomic E-state index is 3.94. The van der Waals surface area contributed by atoms with E-state index in [1.165, 1.54) is 11.1 Å². The van der Waals surface area contributed by atoms with E-state index < -0.39 is 0 Å². The van der Waals surface area contributed by atoms with Gasteiger partial charge in [-0.1, -0.05) is 30.4 Å². The Morgan fingerprint density at radius 3 is 3.00 bits per heavy atom. The zero-order valence-corrected chi connectivity index (χ0v) is 5.80. The Morgan fingerprint density at radius 2 is 2.20 bits per heavy atom. The largest absolute Gasteiger partial charge is 0.0795 e. The van der Waals surface area contributed by atoms with Crippen LogP contribution in [0, 0.1) is 6.92 Å². The van der Waals surface area contributed by atoms with Crippen molar-refractivity contribution in [2.24, 2.45) is 0 Å². The van der Waals surface area contributed by atoms with Crippen LogP contribution in [0.1, 0.15) is 16.7 Å². The lowest BCUT2D eigenvalue weighted by Gasteiger charge is -1.99. The summed E-state index contributed by atoms with van der Waals surface area (Å²) in [6, 6.07) is 6.27. The van der Waals surface area contributed by atoms with Gasteiger partial charge in [-0.05, 0) is 30.0 Å². The molecule has 2 rings (SSSR count). The van der Waals surface area contributed by atoms with E-state index in [0.29, 0.717) is 0 Å². The van der Waals surface area contributed by atoms with Crippen molar-refractivity contribution < 1.29 is 0 Å². The van der Waals surface area contributed by atoms with Crippen LogP contribution in [0.3, 0.4) is 0 Å². The summed E-state index contributed by atoms with van der Waals surface area (Å²) < 4.78 is 0. The van der Waals surface area contributed by atoms with Crippen LogP contribution < -0.4 is 0 Å². The molecule has 1 aromatic carbocycles. The molecule has 0 fully saturated rings. The van der Waals surface area contributed by atoms with Gasteiger partial charge in [0.05, 0.1) is 0 Å². The van der Waals surface area contributed by atoms with Gasteiger partial charge in [-0.3, -0.25) is 0 Å². The molecule has 49 valence electrons. The van der Waals surface area contributed by atoms with Crippen molar-refractivity contribution in [1.29, 1.82) is 0 Å². The van der Waals surface area contributed by atoms with Crippen LogP contribution in [0.15, 0.2) is 24.3 Å². The van der Waals surface area contributed by atoms with Gasteiger partial charge in [0, 0.05) is 0 Å². The van der Waals surface area contributed by atoms with Crippen LogP contribution in [-0.4, -0.2) is 0 Å². The van der Waals surface area contributed by atoms with E-state index in [1.54, 1.807) is 0 Å². The first kappa shape index (κ1) is 5.72. The normalized spacial score (nSPS) is 13.7. The highest BCUT2D eigenvalue weighted by atomic mass is 14.1. The van der Waals surface area contributed by atoms with E-state index in [9.17, 15) is 0 Å². The molecular formula is C10H9. The predicted molar refractivity (Wildman–Crippen MR) is 43.6 cm³/mol. The molecule has 0 aromatic heterocycles. The van der Waals surface area contributed by atoms with Gasteiger partial charge in [0.1, 0.15) is 0 Å². The van der Waals surface area contributed by atoms with E-state index in [1.807, 2.05) is 0 Å².